The molecule has 74 valence electrons. The Morgan fingerprint density at radius 3 is 2.79 bits per heavy atom. The van der Waals surface area contributed by atoms with Crippen molar-refractivity contribution in [3.63, 3.8) is 0 Å². The molecule has 1 aromatic rings. The highest BCUT2D eigenvalue weighted by atomic mass is 127. The Morgan fingerprint density at radius 2 is 2.29 bits per heavy atom. The maximum Gasteiger partial charge on any atom is 0.0796 e. The van der Waals surface area contributed by atoms with Crippen LogP contribution >= 0.6 is 34.2 Å². The van der Waals surface area contributed by atoms with Crippen LogP contribution in [0.4, 0.5) is 5.69 Å². The van der Waals surface area contributed by atoms with Gasteiger partial charge in [0.15, 0.2) is 0 Å². The van der Waals surface area contributed by atoms with Crippen molar-refractivity contribution in [3.8, 4) is 0 Å². The van der Waals surface area contributed by atoms with Crippen LogP contribution in [0.5, 0.6) is 0 Å². The summed E-state index contributed by atoms with van der Waals surface area (Å²) >= 11 is 8.03. The van der Waals surface area contributed by atoms with Crippen molar-refractivity contribution in [2.24, 2.45) is 10.3 Å². The van der Waals surface area contributed by atoms with E-state index in [1.54, 1.807) is 24.3 Å². The lowest BCUT2D eigenvalue weighted by Crippen LogP contribution is -2.07. The van der Waals surface area contributed by atoms with Gasteiger partial charge in [0.2, 0.25) is 0 Å². The number of anilines is 1. The molecule has 0 aliphatic rings. The molecule has 5 heteroatoms. The monoisotopic (exact) mass is 321 g/mol. The molecule has 0 unspecified atom stereocenters. The molecule has 0 fully saturated rings. The molecule has 14 heavy (non-hydrogen) atoms. The number of halogens is 2. The highest BCUT2D eigenvalue weighted by molar-refractivity contribution is 14.1. The highest BCUT2D eigenvalue weighted by Gasteiger charge is 2.05. The first-order valence-corrected chi connectivity index (χ1v) is 5.31. The zero-order valence-electron chi connectivity index (χ0n) is 7.61. The van der Waals surface area contributed by atoms with E-state index in [0.29, 0.717) is 5.02 Å². The Kier molecular flexibility index (Phi) is 4.34. The Hall–Kier alpha value is -0.620. The number of hydrogen-bond donors (Lipinski definition) is 0. The Balaban J connectivity index is 3.10. The fourth-order valence-corrected chi connectivity index (χ4v) is 2.07. The predicted octanol–water partition coefficient (Wildman–Crippen LogP) is 3.89. The standard InChI is InChI=1S/C9H9ClIN3/c1-3-14(13-12-2)9-5-4-7(10)6-8(9)11/h3-6H,1H2,2H3/b13-12-. The lowest BCUT2D eigenvalue weighted by molar-refractivity contribution is 0.940. The van der Waals surface area contributed by atoms with Crippen LogP contribution in [0.25, 0.3) is 0 Å². The molecule has 0 N–H and O–H groups in total. The molecule has 0 aliphatic heterocycles. The maximum absolute atomic E-state index is 5.84. The van der Waals surface area contributed by atoms with E-state index in [4.69, 9.17) is 11.6 Å². The average Bonchev–Trinajstić information content (AvgIpc) is 2.15. The summed E-state index contributed by atoms with van der Waals surface area (Å²) in [5, 5.41) is 9.89. The van der Waals surface area contributed by atoms with Crippen molar-refractivity contribution in [3.05, 3.63) is 39.6 Å². The van der Waals surface area contributed by atoms with Crippen LogP contribution in [0.3, 0.4) is 0 Å². The molecule has 0 heterocycles. The molecule has 0 radical (unpaired) electrons. The average molecular weight is 322 g/mol. The van der Waals surface area contributed by atoms with Gasteiger partial charge in [-0.1, -0.05) is 23.4 Å². The fraction of sp³-hybridized carbons (Fsp3) is 0.111. The second kappa shape index (κ2) is 5.31. The second-order valence-corrected chi connectivity index (χ2v) is 4.01. The third-order valence-electron chi connectivity index (χ3n) is 1.52. The molecule has 0 aromatic heterocycles. The SMILES string of the molecule is C=CN(/N=N\C)c1ccc(Cl)cc1I. The van der Waals surface area contributed by atoms with Crippen LogP contribution in [-0.4, -0.2) is 7.05 Å². The molecule has 0 saturated carbocycles. The van der Waals surface area contributed by atoms with E-state index >= 15 is 0 Å². The molecule has 3 nitrogen and oxygen atoms in total. The zero-order chi connectivity index (χ0) is 10.6. The number of rotatable bonds is 3. The zero-order valence-corrected chi connectivity index (χ0v) is 10.5. The molecule has 0 atom stereocenters. The second-order valence-electron chi connectivity index (χ2n) is 2.41. The normalized spacial score (nSPS) is 10.5. The molecular formula is C9H9ClIN3. The minimum Gasteiger partial charge on any atom is -0.222 e. The van der Waals surface area contributed by atoms with Gasteiger partial charge in [0.05, 0.1) is 12.7 Å². The molecule has 1 rings (SSSR count). The molecular weight excluding hydrogens is 312 g/mol. The van der Waals surface area contributed by atoms with Gasteiger partial charge in [-0.2, -0.15) is 5.11 Å². The number of hydrogen-bond acceptors (Lipinski definition) is 2. The van der Waals surface area contributed by atoms with E-state index in [0.717, 1.165) is 9.26 Å². The maximum atomic E-state index is 5.84. The summed E-state index contributed by atoms with van der Waals surface area (Å²) < 4.78 is 1.00. The van der Waals surface area contributed by atoms with Gasteiger partial charge >= 0.3 is 0 Å². The Morgan fingerprint density at radius 1 is 1.57 bits per heavy atom. The van der Waals surface area contributed by atoms with E-state index in [9.17, 15) is 0 Å². The van der Waals surface area contributed by atoms with Gasteiger partial charge in [-0.15, -0.1) is 0 Å². The van der Waals surface area contributed by atoms with Gasteiger partial charge in [-0.05, 0) is 40.8 Å². The summed E-state index contributed by atoms with van der Waals surface area (Å²) in [6, 6.07) is 5.54. The summed E-state index contributed by atoms with van der Waals surface area (Å²) in [5.74, 6) is 0. The summed E-state index contributed by atoms with van der Waals surface area (Å²) in [5.41, 5.74) is 0.913. The van der Waals surface area contributed by atoms with Crippen LogP contribution in [0.2, 0.25) is 5.02 Å². The van der Waals surface area contributed by atoms with E-state index in [1.165, 1.54) is 0 Å². The van der Waals surface area contributed by atoms with Crippen LogP contribution in [0.1, 0.15) is 0 Å². The molecule has 0 amide bonds. The molecule has 1 aromatic carbocycles. The molecule has 0 aliphatic carbocycles. The van der Waals surface area contributed by atoms with Crippen molar-refractivity contribution in [2.75, 3.05) is 12.1 Å². The topological polar surface area (TPSA) is 28.0 Å². The first kappa shape index (κ1) is 11.5. The quantitative estimate of drug-likeness (QED) is 0.471. The van der Waals surface area contributed by atoms with Crippen LogP contribution in [-0.2, 0) is 0 Å². The molecule has 0 bridgehead atoms. The van der Waals surface area contributed by atoms with Crippen molar-refractivity contribution in [2.45, 2.75) is 0 Å². The van der Waals surface area contributed by atoms with Crippen molar-refractivity contribution in [1.82, 2.24) is 0 Å². The van der Waals surface area contributed by atoms with Crippen LogP contribution in [0, 0.1) is 3.57 Å². The van der Waals surface area contributed by atoms with Gasteiger partial charge in [0.25, 0.3) is 0 Å². The summed E-state index contributed by atoms with van der Waals surface area (Å²) in [6.07, 6.45) is 1.60. The summed E-state index contributed by atoms with van der Waals surface area (Å²) in [7, 11) is 1.61. The molecule has 0 spiro atoms. The summed E-state index contributed by atoms with van der Waals surface area (Å²) in [6.45, 7) is 3.66. The van der Waals surface area contributed by atoms with Gasteiger partial charge in [-0.25, -0.2) is 5.01 Å². The van der Waals surface area contributed by atoms with Crippen LogP contribution < -0.4 is 5.01 Å². The Labute approximate surface area is 102 Å². The van der Waals surface area contributed by atoms with Crippen molar-refractivity contribution < 1.29 is 0 Å². The first-order chi connectivity index (χ1) is 6.69. The lowest BCUT2D eigenvalue weighted by Gasteiger charge is -2.13. The number of nitrogens with zero attached hydrogens (tertiary/aromatic N) is 3. The van der Waals surface area contributed by atoms with Crippen LogP contribution in [0.15, 0.2) is 41.3 Å². The minimum absolute atomic E-state index is 0.704. The summed E-state index contributed by atoms with van der Waals surface area (Å²) in [4.78, 5) is 0. The largest absolute Gasteiger partial charge is 0.222 e. The van der Waals surface area contributed by atoms with E-state index in [-0.39, 0.29) is 0 Å². The lowest BCUT2D eigenvalue weighted by atomic mass is 10.3. The number of benzene rings is 1. The van der Waals surface area contributed by atoms with Gasteiger partial charge in [-0.3, -0.25) is 0 Å². The predicted molar refractivity (Wildman–Crippen MR) is 67.6 cm³/mol. The molecule has 0 saturated heterocycles. The Bertz CT molecular complexity index is 365. The van der Waals surface area contributed by atoms with Gasteiger partial charge < -0.3 is 0 Å². The van der Waals surface area contributed by atoms with E-state index < -0.39 is 0 Å². The minimum atomic E-state index is 0.704. The van der Waals surface area contributed by atoms with E-state index in [1.807, 2.05) is 12.1 Å². The highest BCUT2D eigenvalue weighted by Crippen LogP contribution is 2.26. The van der Waals surface area contributed by atoms with Crippen molar-refractivity contribution >= 4 is 39.9 Å². The third kappa shape index (κ3) is 2.68. The third-order valence-corrected chi connectivity index (χ3v) is 2.61. The smallest absolute Gasteiger partial charge is 0.0796 e. The van der Waals surface area contributed by atoms with Crippen molar-refractivity contribution in [1.29, 1.82) is 0 Å². The van der Waals surface area contributed by atoms with E-state index in [2.05, 4.69) is 39.5 Å². The first-order valence-electron chi connectivity index (χ1n) is 3.85. The fourth-order valence-electron chi connectivity index (χ4n) is 0.946. The van der Waals surface area contributed by atoms with Gasteiger partial charge in [0, 0.05) is 14.8 Å². The van der Waals surface area contributed by atoms with Gasteiger partial charge in [0.1, 0.15) is 0 Å².